The van der Waals surface area contributed by atoms with Crippen molar-refractivity contribution in [1.29, 1.82) is 0 Å². The number of ether oxygens (including phenoxy) is 1. The molecule has 2 fully saturated rings. The van der Waals surface area contributed by atoms with Crippen LogP contribution in [0.5, 0.6) is 0 Å². The number of hydrogen-bond donors (Lipinski definition) is 0. The first-order chi connectivity index (χ1) is 11.1. The fraction of sp³-hybridized carbons (Fsp3) is 0.667. The number of rotatable bonds is 4. The van der Waals surface area contributed by atoms with E-state index in [1.54, 1.807) is 0 Å². The zero-order valence-electron chi connectivity index (χ0n) is 16.1. The van der Waals surface area contributed by atoms with Crippen LogP contribution in [0, 0.1) is 23.7 Å². The van der Waals surface area contributed by atoms with E-state index in [9.17, 15) is 4.79 Å². The quantitative estimate of drug-likeness (QED) is 0.607. The van der Waals surface area contributed by atoms with Crippen LogP contribution in [-0.4, -0.2) is 32.7 Å². The predicted molar refractivity (Wildman–Crippen MR) is 98.8 cm³/mol. The predicted octanol–water partition coefficient (Wildman–Crippen LogP) is 4.32. The van der Waals surface area contributed by atoms with Gasteiger partial charge in [0.25, 0.3) is 0 Å². The van der Waals surface area contributed by atoms with E-state index >= 15 is 0 Å². The van der Waals surface area contributed by atoms with Crippen LogP contribution < -0.4 is 4.48 Å². The highest BCUT2D eigenvalue weighted by Gasteiger charge is 2.63. The third-order valence-corrected chi connectivity index (χ3v) is 7.21. The minimum atomic E-state index is -0.0731. The van der Waals surface area contributed by atoms with Crippen molar-refractivity contribution in [3.63, 3.8) is 0 Å². The van der Waals surface area contributed by atoms with Gasteiger partial charge in [-0.3, -0.25) is 4.48 Å². The van der Waals surface area contributed by atoms with E-state index in [0.717, 1.165) is 12.1 Å². The molecule has 2 aliphatic carbocycles. The number of fused-ring (bicyclic) bond motifs is 2. The lowest BCUT2D eigenvalue weighted by molar-refractivity contribution is -0.157. The maximum atomic E-state index is 12.7. The molecule has 0 spiro atoms. The molecule has 1 aromatic carbocycles. The standard InChI is InChI=1S/C21H32NO2/c1-15-8-7-9-17(12-15)22(5,6)14-19(23)24-18-13-16-10-11-21(18,4)20(16,2)3/h7-9,12,16,18H,10-11,13-14H2,1-6H3/q+1/t16-,18-,21+/m1/s1. The third kappa shape index (κ3) is 2.67. The van der Waals surface area contributed by atoms with Gasteiger partial charge in [-0.05, 0) is 49.1 Å². The molecular formula is C21H32NO2+. The largest absolute Gasteiger partial charge is 0.458 e. The summed E-state index contributed by atoms with van der Waals surface area (Å²) in [4.78, 5) is 12.7. The van der Waals surface area contributed by atoms with Gasteiger partial charge in [0.05, 0.1) is 14.1 Å². The number of likely N-dealkylation sites (N-methyl/N-ethyl adjacent to an activating group) is 1. The molecule has 3 atom stereocenters. The van der Waals surface area contributed by atoms with E-state index < -0.39 is 0 Å². The van der Waals surface area contributed by atoms with Crippen molar-refractivity contribution >= 4 is 11.7 Å². The monoisotopic (exact) mass is 330 g/mol. The lowest BCUT2D eigenvalue weighted by Crippen LogP contribution is -2.47. The van der Waals surface area contributed by atoms with Crippen molar-refractivity contribution in [2.75, 3.05) is 20.6 Å². The van der Waals surface area contributed by atoms with Gasteiger partial charge in [0.1, 0.15) is 11.8 Å². The number of aryl methyl sites for hydroxylation is 1. The number of hydrogen-bond acceptors (Lipinski definition) is 2. The van der Waals surface area contributed by atoms with Crippen LogP contribution >= 0.6 is 0 Å². The molecule has 3 nitrogen and oxygen atoms in total. The van der Waals surface area contributed by atoms with E-state index in [1.165, 1.54) is 18.4 Å². The van der Waals surface area contributed by atoms with Gasteiger partial charge in [0, 0.05) is 11.5 Å². The molecule has 3 rings (SSSR count). The van der Waals surface area contributed by atoms with Gasteiger partial charge in [-0.2, -0.15) is 0 Å². The normalized spacial score (nSPS) is 31.2. The third-order valence-electron chi connectivity index (χ3n) is 7.21. The summed E-state index contributed by atoms with van der Waals surface area (Å²) in [5.41, 5.74) is 2.77. The molecule has 0 N–H and O–H groups in total. The average molecular weight is 330 g/mol. The highest BCUT2D eigenvalue weighted by molar-refractivity contribution is 5.74. The summed E-state index contributed by atoms with van der Waals surface area (Å²) >= 11 is 0. The van der Waals surface area contributed by atoms with Gasteiger partial charge < -0.3 is 4.74 Å². The van der Waals surface area contributed by atoms with Crippen molar-refractivity contribution in [3.8, 4) is 0 Å². The number of carbonyl (C=O) groups excluding carboxylic acids is 1. The zero-order valence-corrected chi connectivity index (χ0v) is 16.1. The Hall–Kier alpha value is -1.35. The lowest BCUT2D eigenvalue weighted by atomic mass is 9.70. The van der Waals surface area contributed by atoms with Crippen molar-refractivity contribution in [2.45, 2.75) is 53.1 Å². The van der Waals surface area contributed by atoms with E-state index in [2.05, 4.69) is 66.1 Å². The molecule has 0 heterocycles. The number of carbonyl (C=O) groups is 1. The second-order valence-corrected chi connectivity index (χ2v) is 9.27. The molecule has 2 bridgehead atoms. The highest BCUT2D eigenvalue weighted by atomic mass is 16.5. The summed E-state index contributed by atoms with van der Waals surface area (Å²) in [5, 5.41) is 0. The number of quaternary nitrogens is 1. The van der Waals surface area contributed by atoms with Gasteiger partial charge in [-0.1, -0.05) is 32.9 Å². The van der Waals surface area contributed by atoms with Crippen molar-refractivity contribution in [3.05, 3.63) is 29.8 Å². The average Bonchev–Trinajstić information content (AvgIpc) is 2.80. The molecule has 0 unspecified atom stereocenters. The first-order valence-electron chi connectivity index (χ1n) is 9.16. The van der Waals surface area contributed by atoms with Gasteiger partial charge in [0.15, 0.2) is 6.54 Å². The Kier molecular flexibility index (Phi) is 4.07. The molecule has 3 heteroatoms. The summed E-state index contributed by atoms with van der Waals surface area (Å²) < 4.78 is 6.54. The minimum Gasteiger partial charge on any atom is -0.458 e. The minimum absolute atomic E-state index is 0.0731. The molecule has 0 amide bonds. The Bertz CT molecular complexity index is 649. The van der Waals surface area contributed by atoms with Crippen LogP contribution in [0.4, 0.5) is 5.69 Å². The van der Waals surface area contributed by atoms with Crippen LogP contribution in [0.2, 0.25) is 0 Å². The summed E-state index contributed by atoms with van der Waals surface area (Å²) in [7, 11) is 4.14. The van der Waals surface area contributed by atoms with Crippen molar-refractivity contribution in [2.24, 2.45) is 16.7 Å². The first-order valence-corrected chi connectivity index (χ1v) is 9.16. The second kappa shape index (κ2) is 5.59. The zero-order chi connectivity index (χ0) is 17.8. The van der Waals surface area contributed by atoms with Crippen molar-refractivity contribution in [1.82, 2.24) is 4.48 Å². The Morgan fingerprint density at radius 3 is 2.54 bits per heavy atom. The molecule has 0 saturated heterocycles. The Balaban J connectivity index is 1.68. The molecular weight excluding hydrogens is 298 g/mol. The van der Waals surface area contributed by atoms with Crippen LogP contribution in [0.1, 0.15) is 45.6 Å². The molecule has 2 aliphatic rings. The molecule has 1 aromatic rings. The number of esters is 1. The Morgan fingerprint density at radius 2 is 2.00 bits per heavy atom. The van der Waals surface area contributed by atoms with Crippen LogP contribution in [-0.2, 0) is 9.53 Å². The highest BCUT2D eigenvalue weighted by Crippen LogP contribution is 2.66. The summed E-state index contributed by atoms with van der Waals surface area (Å²) in [6, 6.07) is 8.37. The topological polar surface area (TPSA) is 26.3 Å². The van der Waals surface area contributed by atoms with E-state index in [-0.39, 0.29) is 22.9 Å². The molecule has 132 valence electrons. The van der Waals surface area contributed by atoms with Crippen LogP contribution in [0.25, 0.3) is 0 Å². The van der Waals surface area contributed by atoms with E-state index in [4.69, 9.17) is 4.74 Å². The van der Waals surface area contributed by atoms with E-state index in [1.807, 2.05) is 0 Å². The fourth-order valence-electron chi connectivity index (χ4n) is 4.92. The van der Waals surface area contributed by atoms with Crippen LogP contribution in [0.15, 0.2) is 24.3 Å². The Labute approximate surface area is 146 Å². The van der Waals surface area contributed by atoms with E-state index in [0.29, 0.717) is 16.9 Å². The smallest absolute Gasteiger partial charge is 0.362 e. The van der Waals surface area contributed by atoms with Crippen LogP contribution in [0.3, 0.4) is 0 Å². The molecule has 2 saturated carbocycles. The number of benzene rings is 1. The SMILES string of the molecule is Cc1cccc([N+](C)(C)CC(=O)O[C@@H]2C[C@H]3CC[C@]2(C)C3(C)C)c1. The summed E-state index contributed by atoms with van der Waals surface area (Å²) in [6.07, 6.45) is 3.57. The maximum Gasteiger partial charge on any atom is 0.362 e. The summed E-state index contributed by atoms with van der Waals surface area (Å²) in [6.45, 7) is 9.48. The maximum absolute atomic E-state index is 12.7. The molecule has 0 radical (unpaired) electrons. The molecule has 0 aromatic heterocycles. The Morgan fingerprint density at radius 1 is 1.29 bits per heavy atom. The van der Waals surface area contributed by atoms with Gasteiger partial charge in [-0.25, -0.2) is 4.79 Å². The van der Waals surface area contributed by atoms with Gasteiger partial charge >= 0.3 is 5.97 Å². The molecule has 0 aliphatic heterocycles. The fourth-order valence-corrected chi connectivity index (χ4v) is 4.92. The second-order valence-electron chi connectivity index (χ2n) is 9.27. The van der Waals surface area contributed by atoms with Gasteiger partial charge in [-0.15, -0.1) is 0 Å². The van der Waals surface area contributed by atoms with Crippen molar-refractivity contribution < 1.29 is 9.53 Å². The first kappa shape index (κ1) is 17.5. The lowest BCUT2D eigenvalue weighted by Gasteiger charge is -2.38. The summed E-state index contributed by atoms with van der Waals surface area (Å²) in [5.74, 6) is 0.621. The molecule has 24 heavy (non-hydrogen) atoms. The van der Waals surface area contributed by atoms with Gasteiger partial charge in [0.2, 0.25) is 0 Å². The number of nitrogens with zero attached hydrogens (tertiary/aromatic N) is 1.